The van der Waals surface area contributed by atoms with Crippen LogP contribution in [0.2, 0.25) is 0 Å². The molecule has 0 N–H and O–H groups in total. The summed E-state index contributed by atoms with van der Waals surface area (Å²) in [7, 11) is 0.609. The van der Waals surface area contributed by atoms with Crippen molar-refractivity contribution in [2.45, 2.75) is 80.3 Å². The summed E-state index contributed by atoms with van der Waals surface area (Å²) in [5.41, 5.74) is 3.18. The van der Waals surface area contributed by atoms with Crippen molar-refractivity contribution in [1.29, 1.82) is 0 Å². The third-order valence-electron chi connectivity index (χ3n) is 10.2. The highest BCUT2D eigenvalue weighted by Gasteiger charge is 2.50. The molecule has 1 saturated carbocycles. The fourth-order valence-corrected chi connectivity index (χ4v) is 9.71. The number of sulfonamides is 1. The van der Waals surface area contributed by atoms with Crippen LogP contribution >= 0.6 is 0 Å². The molecule has 2 aromatic rings. The Morgan fingerprint density at radius 1 is 1.00 bits per heavy atom. The van der Waals surface area contributed by atoms with Gasteiger partial charge in [-0.25, -0.2) is 8.42 Å². The van der Waals surface area contributed by atoms with E-state index in [-0.39, 0.29) is 17.5 Å². The van der Waals surface area contributed by atoms with E-state index in [0.717, 1.165) is 70.5 Å². The molecule has 3 atom stereocenters. The average Bonchev–Trinajstić information content (AvgIpc) is 3.77. The number of fused-ring (bicyclic) bond motifs is 4. The zero-order valence-electron chi connectivity index (χ0n) is 23.2. The molecule has 38 heavy (non-hydrogen) atoms. The van der Waals surface area contributed by atoms with Gasteiger partial charge in [-0.3, -0.25) is 0 Å². The molecule has 2 saturated heterocycles. The monoisotopic (exact) mass is 537 g/mol. The van der Waals surface area contributed by atoms with Gasteiger partial charge in [-0.15, -0.1) is 0 Å². The molecule has 2 bridgehead atoms. The number of likely N-dealkylation sites (tertiary alicyclic amines) is 2. The quantitative estimate of drug-likeness (QED) is 0.495. The van der Waals surface area contributed by atoms with Gasteiger partial charge in [0.25, 0.3) is 0 Å². The van der Waals surface area contributed by atoms with Crippen LogP contribution in [0.5, 0.6) is 5.75 Å². The Morgan fingerprint density at radius 3 is 2.39 bits per heavy atom. The smallest absolute Gasteiger partial charge is 0.243 e. The highest BCUT2D eigenvalue weighted by atomic mass is 32.2. The largest absolute Gasteiger partial charge is 0.497 e. The molecule has 0 spiro atoms. The van der Waals surface area contributed by atoms with E-state index in [9.17, 15) is 8.42 Å². The van der Waals surface area contributed by atoms with Gasteiger partial charge in [-0.1, -0.05) is 31.2 Å². The minimum absolute atomic E-state index is 0.105. The summed E-state index contributed by atoms with van der Waals surface area (Å²) in [5, 5.41) is 0. The van der Waals surface area contributed by atoms with Gasteiger partial charge < -0.3 is 14.5 Å². The Hall–Kier alpha value is -1.93. The van der Waals surface area contributed by atoms with Crippen molar-refractivity contribution in [3.63, 3.8) is 0 Å². The summed E-state index contributed by atoms with van der Waals surface area (Å²) in [6.45, 7) is 6.62. The molecular formula is C31H43N3O3S. The lowest BCUT2D eigenvalue weighted by Crippen LogP contribution is -2.58. The topological polar surface area (TPSA) is 53.1 Å². The van der Waals surface area contributed by atoms with Crippen molar-refractivity contribution in [3.8, 4) is 5.75 Å². The second-order valence-electron chi connectivity index (χ2n) is 12.2. The molecule has 0 aromatic heterocycles. The first-order valence-corrected chi connectivity index (χ1v) is 16.0. The van der Waals surface area contributed by atoms with E-state index in [1.165, 1.54) is 17.5 Å². The van der Waals surface area contributed by atoms with Crippen LogP contribution in [0, 0.1) is 5.92 Å². The van der Waals surface area contributed by atoms with Crippen molar-refractivity contribution in [2.24, 2.45) is 5.92 Å². The molecule has 4 aliphatic rings. The van der Waals surface area contributed by atoms with E-state index in [1.54, 1.807) is 19.2 Å². The van der Waals surface area contributed by atoms with Gasteiger partial charge in [0.1, 0.15) is 5.75 Å². The number of likely N-dealkylation sites (N-methyl/N-ethyl adjacent to an activating group) is 1. The predicted molar refractivity (Wildman–Crippen MR) is 151 cm³/mol. The van der Waals surface area contributed by atoms with Gasteiger partial charge in [0.2, 0.25) is 10.0 Å². The minimum atomic E-state index is -3.45. The fraction of sp³-hybridized carbons (Fsp3) is 0.613. The molecular weight excluding hydrogens is 494 g/mol. The van der Waals surface area contributed by atoms with Crippen LogP contribution in [0.25, 0.3) is 0 Å². The van der Waals surface area contributed by atoms with Gasteiger partial charge in [-0.2, -0.15) is 4.31 Å². The Balaban J connectivity index is 1.16. The number of nitrogens with zero attached hydrogens (tertiary/aromatic N) is 3. The van der Waals surface area contributed by atoms with Crippen LogP contribution in [0.4, 0.5) is 0 Å². The van der Waals surface area contributed by atoms with Crippen LogP contribution in [0.3, 0.4) is 0 Å². The molecule has 2 aromatic carbocycles. The van der Waals surface area contributed by atoms with E-state index < -0.39 is 10.0 Å². The van der Waals surface area contributed by atoms with Crippen molar-refractivity contribution in [1.82, 2.24) is 14.1 Å². The summed E-state index contributed by atoms with van der Waals surface area (Å²) >= 11 is 0. The molecule has 1 unspecified atom stereocenters. The summed E-state index contributed by atoms with van der Waals surface area (Å²) in [6.07, 6.45) is 7.27. The second kappa shape index (κ2) is 10.2. The Morgan fingerprint density at radius 2 is 1.71 bits per heavy atom. The first-order valence-electron chi connectivity index (χ1n) is 14.5. The molecule has 206 valence electrons. The second-order valence-corrected chi connectivity index (χ2v) is 14.0. The first kappa shape index (κ1) is 26.3. The fourth-order valence-electron chi connectivity index (χ4n) is 7.76. The Bertz CT molecular complexity index is 1240. The third kappa shape index (κ3) is 4.59. The van der Waals surface area contributed by atoms with Gasteiger partial charge in [0, 0.05) is 23.5 Å². The van der Waals surface area contributed by atoms with Crippen LogP contribution < -0.4 is 4.74 Å². The molecule has 7 heteroatoms. The van der Waals surface area contributed by atoms with Crippen LogP contribution in [-0.4, -0.2) is 81.0 Å². The highest BCUT2D eigenvalue weighted by molar-refractivity contribution is 7.89. The number of methoxy groups -OCH3 is 1. The lowest BCUT2D eigenvalue weighted by Gasteiger charge is -2.56. The predicted octanol–water partition coefficient (Wildman–Crippen LogP) is 4.54. The van der Waals surface area contributed by atoms with E-state index in [1.807, 2.05) is 22.5 Å². The van der Waals surface area contributed by atoms with Crippen LogP contribution in [-0.2, 0) is 21.9 Å². The van der Waals surface area contributed by atoms with Crippen LogP contribution in [0.15, 0.2) is 53.4 Å². The lowest BCUT2D eigenvalue weighted by molar-refractivity contribution is 0.0272. The van der Waals surface area contributed by atoms with Gasteiger partial charge in [0.05, 0.1) is 12.0 Å². The third-order valence-corrected chi connectivity index (χ3v) is 12.2. The molecule has 2 heterocycles. The molecule has 2 aliphatic carbocycles. The first-order chi connectivity index (χ1) is 18.3. The molecule has 6 rings (SSSR count). The standard InChI is InChI=1S/C31H43N3O3S/c1-23-30-21-24-9-12-27(37-3)22-29(24)31(23,15-19-32(30)2)16-20-33-17-13-26(14-18-33)34(25-10-11-25)38(35,36)28-7-5-4-6-8-28/h4-9,12,22-23,25-26,30H,10-11,13-21H2,1-3H3/t23-,30+,31?/m0/s1. The van der Waals surface area contributed by atoms with Crippen molar-refractivity contribution < 1.29 is 13.2 Å². The zero-order chi connectivity index (χ0) is 26.5. The number of benzene rings is 2. The Kier molecular flexibility index (Phi) is 7.08. The maximum absolute atomic E-state index is 13.6. The number of rotatable bonds is 8. The summed E-state index contributed by atoms with van der Waals surface area (Å²) in [5.74, 6) is 1.56. The van der Waals surface area contributed by atoms with Gasteiger partial charge >= 0.3 is 0 Å². The minimum Gasteiger partial charge on any atom is -0.497 e. The highest BCUT2D eigenvalue weighted by Crippen LogP contribution is 2.51. The molecule has 0 radical (unpaired) electrons. The van der Waals surface area contributed by atoms with Crippen molar-refractivity contribution in [2.75, 3.05) is 40.3 Å². The number of hydrogen-bond acceptors (Lipinski definition) is 5. The Labute approximate surface area is 229 Å². The average molecular weight is 538 g/mol. The maximum atomic E-state index is 13.6. The molecule has 3 fully saturated rings. The zero-order valence-corrected chi connectivity index (χ0v) is 24.0. The van der Waals surface area contributed by atoms with E-state index >= 15 is 0 Å². The SMILES string of the molecule is COc1ccc2c(c1)C1(CCN3CCC(N(C4CC4)S(=O)(=O)c4ccccc4)CC3)CCN(C)[C@H](C2)[C@@H]1C. The van der Waals surface area contributed by atoms with Crippen molar-refractivity contribution >= 4 is 10.0 Å². The van der Waals surface area contributed by atoms with E-state index in [4.69, 9.17) is 4.74 Å². The normalized spacial score (nSPS) is 28.8. The molecule has 2 aliphatic heterocycles. The lowest BCUT2D eigenvalue weighted by atomic mass is 9.56. The number of ether oxygens (including phenoxy) is 1. The molecule has 0 amide bonds. The summed E-state index contributed by atoms with van der Waals surface area (Å²) < 4.78 is 34.7. The van der Waals surface area contributed by atoms with Crippen molar-refractivity contribution in [3.05, 3.63) is 59.7 Å². The summed E-state index contributed by atoms with van der Waals surface area (Å²) in [6, 6.07) is 16.6. The number of piperidine rings is 2. The van der Waals surface area contributed by atoms with Gasteiger partial charge in [-0.05, 0) is 119 Å². The number of hydrogen-bond donors (Lipinski definition) is 0. The van der Waals surface area contributed by atoms with Crippen LogP contribution in [0.1, 0.15) is 56.6 Å². The summed E-state index contributed by atoms with van der Waals surface area (Å²) in [4.78, 5) is 5.60. The van der Waals surface area contributed by atoms with E-state index in [0.29, 0.717) is 16.9 Å². The van der Waals surface area contributed by atoms with Gasteiger partial charge in [0.15, 0.2) is 0 Å². The molecule has 6 nitrogen and oxygen atoms in total. The van der Waals surface area contributed by atoms with E-state index in [2.05, 4.69) is 42.0 Å². The maximum Gasteiger partial charge on any atom is 0.243 e.